The summed E-state index contributed by atoms with van der Waals surface area (Å²) in [5.41, 5.74) is 0. The fraction of sp³-hybridized carbons (Fsp3) is 0.754. The maximum absolute atomic E-state index is 12.5. The van der Waals surface area contributed by atoms with E-state index in [9.17, 15) is 15.0 Å². The molecule has 2 unspecified atom stereocenters. The Hall–Kier alpha value is -2.69. The van der Waals surface area contributed by atoms with Crippen molar-refractivity contribution < 1.29 is 15.0 Å². The molecule has 73 heavy (non-hydrogen) atoms. The topological polar surface area (TPSA) is 69.6 Å². The number of carbonyl (C=O) groups excluding carboxylic acids is 1. The van der Waals surface area contributed by atoms with Gasteiger partial charge in [0, 0.05) is 6.42 Å². The van der Waals surface area contributed by atoms with Crippen LogP contribution in [-0.4, -0.2) is 34.9 Å². The van der Waals surface area contributed by atoms with Crippen LogP contribution in [0, 0.1) is 0 Å². The highest BCUT2D eigenvalue weighted by Crippen LogP contribution is 2.18. The average molecular weight is 1010 g/mol. The fourth-order valence-corrected chi connectivity index (χ4v) is 9.56. The summed E-state index contributed by atoms with van der Waals surface area (Å²) in [6.45, 7) is 4.26. The van der Waals surface area contributed by atoms with E-state index in [-0.39, 0.29) is 12.5 Å². The van der Waals surface area contributed by atoms with E-state index in [0.717, 1.165) is 89.9 Å². The third-order valence-corrected chi connectivity index (χ3v) is 14.4. The van der Waals surface area contributed by atoms with Crippen LogP contribution >= 0.6 is 0 Å². The molecule has 1 amide bonds. The first-order valence-electron chi connectivity index (χ1n) is 31.9. The third-order valence-electron chi connectivity index (χ3n) is 14.4. The fourth-order valence-electron chi connectivity index (χ4n) is 9.56. The lowest BCUT2D eigenvalue weighted by Crippen LogP contribution is -2.45. The van der Waals surface area contributed by atoms with E-state index in [4.69, 9.17) is 0 Å². The Morgan fingerprint density at radius 1 is 0.342 bits per heavy atom. The molecule has 0 bridgehead atoms. The Balaban J connectivity index is 3.52. The minimum atomic E-state index is -0.675. The lowest BCUT2D eigenvalue weighted by molar-refractivity contribution is -0.123. The maximum Gasteiger partial charge on any atom is 0.220 e. The van der Waals surface area contributed by atoms with Crippen LogP contribution in [0.5, 0.6) is 0 Å². The molecule has 0 saturated carbocycles. The number of aliphatic hydroxyl groups is 2. The summed E-state index contributed by atoms with van der Waals surface area (Å²) < 4.78 is 0. The van der Waals surface area contributed by atoms with Crippen LogP contribution in [0.25, 0.3) is 0 Å². The standard InChI is InChI=1S/C69H123NO3/c1-3-5-7-9-11-13-15-17-19-21-23-25-27-29-31-33-35-37-39-41-43-45-47-49-51-53-55-57-59-61-63-65-69(73)70-67(66-71)68(72)64-62-60-58-56-54-52-50-48-46-44-42-40-38-36-34-32-30-28-26-24-22-20-18-16-14-12-10-8-6-4-2/h5,7,11,13,17,19,23,25,29,31,35,37,41,43,47,49,67-68,71-72H,3-4,6,8-10,12,14-16,18,20-22,24,26-28,30,32-34,36,38-40,42,44-46,48,50-66H2,1-2H3,(H,70,73)/b7-5-,13-11-,19-17-,25-23-,31-29-,37-35-,43-41-,49-47-. The second-order valence-corrected chi connectivity index (χ2v) is 21.5. The highest BCUT2D eigenvalue weighted by Gasteiger charge is 2.20. The van der Waals surface area contributed by atoms with Gasteiger partial charge in [-0.25, -0.2) is 0 Å². The molecule has 4 nitrogen and oxygen atoms in total. The van der Waals surface area contributed by atoms with E-state index >= 15 is 0 Å². The molecule has 3 N–H and O–H groups in total. The zero-order valence-corrected chi connectivity index (χ0v) is 48.6. The minimum Gasteiger partial charge on any atom is -0.394 e. The van der Waals surface area contributed by atoms with E-state index < -0.39 is 12.1 Å². The first kappa shape index (κ1) is 70.3. The van der Waals surface area contributed by atoms with Crippen molar-refractivity contribution in [3.8, 4) is 0 Å². The van der Waals surface area contributed by atoms with Crippen molar-refractivity contribution in [3.05, 3.63) is 97.2 Å². The highest BCUT2D eigenvalue weighted by molar-refractivity contribution is 5.76. The van der Waals surface area contributed by atoms with E-state index in [0.29, 0.717) is 12.8 Å². The van der Waals surface area contributed by atoms with Crippen molar-refractivity contribution in [2.24, 2.45) is 0 Å². The monoisotopic (exact) mass is 1010 g/mol. The summed E-state index contributed by atoms with van der Waals surface area (Å²) in [6, 6.07) is -0.553. The quantitative estimate of drug-likeness (QED) is 0.0420. The average Bonchev–Trinajstić information content (AvgIpc) is 3.40. The first-order chi connectivity index (χ1) is 36.2. The summed E-state index contributed by atoms with van der Waals surface area (Å²) >= 11 is 0. The van der Waals surface area contributed by atoms with E-state index in [2.05, 4.69) is 116 Å². The van der Waals surface area contributed by atoms with Crippen molar-refractivity contribution in [1.82, 2.24) is 5.32 Å². The predicted octanol–water partition coefficient (Wildman–Crippen LogP) is 21.6. The molecule has 0 fully saturated rings. The van der Waals surface area contributed by atoms with Gasteiger partial charge < -0.3 is 15.5 Å². The van der Waals surface area contributed by atoms with E-state index in [1.807, 2.05) is 0 Å². The molecule has 422 valence electrons. The van der Waals surface area contributed by atoms with Gasteiger partial charge in [0.25, 0.3) is 0 Å². The van der Waals surface area contributed by atoms with Gasteiger partial charge in [-0.2, -0.15) is 0 Å². The Morgan fingerprint density at radius 2 is 0.603 bits per heavy atom. The Morgan fingerprint density at radius 3 is 0.904 bits per heavy atom. The van der Waals surface area contributed by atoms with Crippen LogP contribution < -0.4 is 5.32 Å². The number of hydrogen-bond donors (Lipinski definition) is 3. The largest absolute Gasteiger partial charge is 0.394 e. The molecule has 4 heteroatoms. The van der Waals surface area contributed by atoms with Crippen molar-refractivity contribution in [1.29, 1.82) is 0 Å². The molecule has 0 saturated heterocycles. The van der Waals surface area contributed by atoms with Crippen LogP contribution in [0.3, 0.4) is 0 Å². The number of rotatable bonds is 58. The molecule has 0 rings (SSSR count). The van der Waals surface area contributed by atoms with Crippen molar-refractivity contribution in [2.45, 2.75) is 328 Å². The van der Waals surface area contributed by atoms with E-state index in [1.165, 1.54) is 199 Å². The molecule has 0 radical (unpaired) electrons. The van der Waals surface area contributed by atoms with Crippen LogP contribution in [-0.2, 0) is 4.79 Å². The van der Waals surface area contributed by atoms with Crippen LogP contribution in [0.1, 0.15) is 316 Å². The zero-order valence-electron chi connectivity index (χ0n) is 48.6. The van der Waals surface area contributed by atoms with Gasteiger partial charge in [0.1, 0.15) is 0 Å². The van der Waals surface area contributed by atoms with Crippen molar-refractivity contribution >= 4 is 5.91 Å². The summed E-state index contributed by atoms with van der Waals surface area (Å²) in [6.07, 6.45) is 94.2. The first-order valence-corrected chi connectivity index (χ1v) is 31.9. The SMILES string of the molecule is CC/C=C\C/C=C\C/C=C\C/C=C\C/C=C\C/C=C\C/C=C\C/C=C\CCCCCCCCC(=O)NC(CO)C(O)CCCCCCCCCCCCCCCCCCCCCCCCCCCCCCCC. The molecular weight excluding hydrogens is 891 g/mol. The Kier molecular flexibility index (Phi) is 61.3. The number of hydrogen-bond acceptors (Lipinski definition) is 3. The molecule has 0 aliphatic rings. The predicted molar refractivity (Wildman–Crippen MR) is 326 cm³/mol. The zero-order chi connectivity index (χ0) is 52.7. The summed E-state index contributed by atoms with van der Waals surface area (Å²) in [4.78, 5) is 12.5. The Bertz CT molecular complexity index is 1330. The summed E-state index contributed by atoms with van der Waals surface area (Å²) in [5.74, 6) is -0.0459. The van der Waals surface area contributed by atoms with Crippen LogP contribution in [0.2, 0.25) is 0 Å². The second kappa shape index (κ2) is 63.6. The lowest BCUT2D eigenvalue weighted by atomic mass is 10.0. The number of nitrogens with one attached hydrogen (secondary N) is 1. The van der Waals surface area contributed by atoms with Gasteiger partial charge in [-0.1, -0.05) is 329 Å². The number of amides is 1. The molecular formula is C69H123NO3. The van der Waals surface area contributed by atoms with Crippen LogP contribution in [0.4, 0.5) is 0 Å². The number of carbonyl (C=O) groups is 1. The molecule has 0 aromatic carbocycles. The second-order valence-electron chi connectivity index (χ2n) is 21.5. The van der Waals surface area contributed by atoms with E-state index in [1.54, 1.807) is 0 Å². The highest BCUT2D eigenvalue weighted by atomic mass is 16.3. The normalized spacial score (nSPS) is 13.4. The molecule has 2 atom stereocenters. The minimum absolute atomic E-state index is 0.0459. The molecule has 0 spiro atoms. The van der Waals surface area contributed by atoms with Gasteiger partial charge in [0.05, 0.1) is 18.8 Å². The Labute approximate surface area is 455 Å². The molecule has 0 aliphatic heterocycles. The molecule has 0 aromatic heterocycles. The van der Waals surface area contributed by atoms with Gasteiger partial charge in [-0.3, -0.25) is 4.79 Å². The van der Waals surface area contributed by atoms with Gasteiger partial charge in [-0.15, -0.1) is 0 Å². The number of allylic oxidation sites excluding steroid dienone is 16. The van der Waals surface area contributed by atoms with Gasteiger partial charge in [0.2, 0.25) is 5.91 Å². The molecule has 0 heterocycles. The number of aliphatic hydroxyl groups excluding tert-OH is 2. The van der Waals surface area contributed by atoms with Gasteiger partial charge >= 0.3 is 0 Å². The third kappa shape index (κ3) is 60.1. The van der Waals surface area contributed by atoms with Gasteiger partial charge in [0.15, 0.2) is 0 Å². The maximum atomic E-state index is 12.5. The summed E-state index contributed by atoms with van der Waals surface area (Å²) in [5, 5.41) is 23.4. The van der Waals surface area contributed by atoms with Crippen molar-refractivity contribution in [3.63, 3.8) is 0 Å². The number of unbranched alkanes of at least 4 members (excludes halogenated alkanes) is 35. The lowest BCUT2D eigenvalue weighted by Gasteiger charge is -2.22. The smallest absolute Gasteiger partial charge is 0.220 e. The summed E-state index contributed by atoms with van der Waals surface area (Å²) in [7, 11) is 0. The van der Waals surface area contributed by atoms with Crippen LogP contribution in [0.15, 0.2) is 97.2 Å². The molecule has 0 aromatic rings. The van der Waals surface area contributed by atoms with Gasteiger partial charge in [-0.05, 0) is 77.0 Å². The van der Waals surface area contributed by atoms with Crippen molar-refractivity contribution in [2.75, 3.05) is 6.61 Å². The molecule has 0 aliphatic carbocycles.